The number of pyridine rings is 1. The van der Waals surface area contributed by atoms with Crippen LogP contribution in [0.25, 0.3) is 0 Å². The molecule has 0 aromatic carbocycles. The van der Waals surface area contributed by atoms with Gasteiger partial charge < -0.3 is 9.47 Å². The summed E-state index contributed by atoms with van der Waals surface area (Å²) in [7, 11) is -0.788. The molecule has 17 heavy (non-hydrogen) atoms. The molecular formula is C9H13ClN2O4S. The zero-order valence-corrected chi connectivity index (χ0v) is 11.0. The fourth-order valence-electron chi connectivity index (χ4n) is 1.08. The van der Waals surface area contributed by atoms with Gasteiger partial charge in [-0.15, -0.1) is 0 Å². The highest BCUT2D eigenvalue weighted by Gasteiger charge is 2.16. The first-order valence-corrected chi connectivity index (χ1v) is 6.52. The molecule has 0 amide bonds. The zero-order valence-electron chi connectivity index (χ0n) is 9.38. The Labute approximate surface area is 105 Å². The highest BCUT2D eigenvalue weighted by molar-refractivity contribution is 7.89. The Morgan fingerprint density at radius 3 is 2.65 bits per heavy atom. The number of halogens is 1. The topological polar surface area (TPSA) is 77.5 Å². The van der Waals surface area contributed by atoms with Crippen LogP contribution < -0.4 is 4.72 Å². The predicted octanol–water partition coefficient (Wildman–Crippen LogP) is 0.632. The summed E-state index contributed by atoms with van der Waals surface area (Å²) < 4.78 is 35.7. The van der Waals surface area contributed by atoms with Gasteiger partial charge in [0, 0.05) is 20.4 Å². The summed E-state index contributed by atoms with van der Waals surface area (Å²) in [6.07, 6.45) is 0.683. The van der Waals surface area contributed by atoms with Gasteiger partial charge >= 0.3 is 0 Å². The lowest BCUT2D eigenvalue weighted by atomic mass is 10.5. The number of nitrogens with one attached hydrogen (secondary N) is 1. The van der Waals surface area contributed by atoms with Crippen LogP contribution in [-0.2, 0) is 19.5 Å². The maximum Gasteiger partial charge on any atom is 0.240 e. The number of hydrogen-bond acceptors (Lipinski definition) is 5. The Morgan fingerprint density at radius 2 is 2.12 bits per heavy atom. The van der Waals surface area contributed by atoms with Crippen molar-refractivity contribution in [2.24, 2.45) is 0 Å². The van der Waals surface area contributed by atoms with Crippen LogP contribution in [0.4, 0.5) is 0 Å². The van der Waals surface area contributed by atoms with Crippen LogP contribution in [0.1, 0.15) is 0 Å². The van der Waals surface area contributed by atoms with Gasteiger partial charge in [0.2, 0.25) is 10.0 Å². The van der Waals surface area contributed by atoms with Crippen LogP contribution in [0.15, 0.2) is 23.2 Å². The lowest BCUT2D eigenvalue weighted by molar-refractivity contribution is -0.0960. The number of hydrogen-bond donors (Lipinski definition) is 1. The predicted molar refractivity (Wildman–Crippen MR) is 62.2 cm³/mol. The summed E-state index contributed by atoms with van der Waals surface area (Å²) in [5.41, 5.74) is 0. The number of ether oxygens (including phenoxy) is 2. The first-order valence-electron chi connectivity index (χ1n) is 4.66. The summed E-state index contributed by atoms with van der Waals surface area (Å²) in [6.45, 7) is 0.00920. The van der Waals surface area contributed by atoms with Crippen molar-refractivity contribution in [1.29, 1.82) is 0 Å². The van der Waals surface area contributed by atoms with Crippen molar-refractivity contribution in [3.8, 4) is 0 Å². The maximum atomic E-state index is 11.8. The molecule has 1 aromatic heterocycles. The van der Waals surface area contributed by atoms with Crippen molar-refractivity contribution in [3.05, 3.63) is 23.5 Å². The first-order chi connectivity index (χ1) is 7.99. The first kappa shape index (κ1) is 14.3. The van der Waals surface area contributed by atoms with Gasteiger partial charge in [-0.2, -0.15) is 0 Å². The van der Waals surface area contributed by atoms with Crippen molar-refractivity contribution in [2.75, 3.05) is 20.8 Å². The van der Waals surface area contributed by atoms with E-state index in [0.29, 0.717) is 0 Å². The van der Waals surface area contributed by atoms with Crippen molar-refractivity contribution >= 4 is 21.6 Å². The lowest BCUT2D eigenvalue weighted by Gasteiger charge is -2.14. The van der Waals surface area contributed by atoms with Crippen molar-refractivity contribution in [1.82, 2.24) is 9.71 Å². The van der Waals surface area contributed by atoms with Gasteiger partial charge in [0.05, 0.1) is 11.4 Å². The molecule has 1 rings (SSSR count). The molecule has 0 unspecified atom stereocenters. The quantitative estimate of drug-likeness (QED) is 0.611. The van der Waals surface area contributed by atoms with E-state index in [1.165, 1.54) is 32.5 Å². The molecule has 1 aromatic rings. The van der Waals surface area contributed by atoms with Crippen LogP contribution in [0, 0.1) is 0 Å². The second-order valence-electron chi connectivity index (χ2n) is 3.07. The van der Waals surface area contributed by atoms with Gasteiger partial charge in [-0.3, -0.25) is 0 Å². The largest absolute Gasteiger partial charge is 0.355 e. The van der Waals surface area contributed by atoms with Gasteiger partial charge in [0.15, 0.2) is 6.29 Å². The molecule has 0 saturated carbocycles. The number of rotatable bonds is 6. The van der Waals surface area contributed by atoms with Gasteiger partial charge in [-0.1, -0.05) is 11.6 Å². The Bertz CT molecular complexity index is 462. The van der Waals surface area contributed by atoms with Crippen molar-refractivity contribution in [2.45, 2.75) is 11.2 Å². The van der Waals surface area contributed by atoms with Gasteiger partial charge in [0.1, 0.15) is 5.15 Å². The minimum absolute atomic E-state index is 0.00920. The summed E-state index contributed by atoms with van der Waals surface area (Å²) >= 11 is 5.62. The van der Waals surface area contributed by atoms with E-state index in [1.807, 2.05) is 0 Å². The van der Waals surface area contributed by atoms with Gasteiger partial charge in [0.25, 0.3) is 0 Å². The molecular weight excluding hydrogens is 268 g/mol. The molecule has 1 heterocycles. The molecule has 0 spiro atoms. The number of nitrogens with zero attached hydrogens (tertiary/aromatic N) is 1. The minimum atomic E-state index is -3.63. The van der Waals surface area contributed by atoms with E-state index in [1.54, 1.807) is 0 Å². The van der Waals surface area contributed by atoms with E-state index in [2.05, 4.69) is 9.71 Å². The SMILES string of the molecule is COC(CNS(=O)(=O)c1ccnc(Cl)c1)OC. The normalized spacial score (nSPS) is 12.0. The minimum Gasteiger partial charge on any atom is -0.355 e. The van der Waals surface area contributed by atoms with Crippen LogP contribution >= 0.6 is 11.6 Å². The molecule has 0 aliphatic carbocycles. The number of aromatic nitrogens is 1. The Balaban J connectivity index is 2.76. The molecule has 0 aliphatic heterocycles. The standard InChI is InChI=1S/C9H13ClN2O4S/c1-15-9(16-2)6-12-17(13,14)7-3-4-11-8(10)5-7/h3-5,9,12H,6H2,1-2H3. The summed E-state index contributed by atoms with van der Waals surface area (Å²) in [6, 6.07) is 2.61. The summed E-state index contributed by atoms with van der Waals surface area (Å²) in [5.74, 6) is 0. The van der Waals surface area contributed by atoms with E-state index >= 15 is 0 Å². The third kappa shape index (κ3) is 4.21. The molecule has 6 nitrogen and oxygen atoms in total. The van der Waals surface area contributed by atoms with Crippen molar-refractivity contribution < 1.29 is 17.9 Å². The molecule has 0 aliphatic rings. The third-order valence-corrected chi connectivity index (χ3v) is 3.60. The van der Waals surface area contributed by atoms with E-state index in [0.717, 1.165) is 0 Å². The fourth-order valence-corrected chi connectivity index (χ4v) is 2.34. The number of sulfonamides is 1. The molecule has 8 heteroatoms. The smallest absolute Gasteiger partial charge is 0.240 e. The molecule has 96 valence electrons. The zero-order chi connectivity index (χ0) is 12.9. The Morgan fingerprint density at radius 1 is 1.47 bits per heavy atom. The fraction of sp³-hybridized carbons (Fsp3) is 0.444. The highest BCUT2D eigenvalue weighted by Crippen LogP contribution is 2.12. The van der Waals surface area contributed by atoms with Gasteiger partial charge in [-0.05, 0) is 12.1 Å². The van der Waals surface area contributed by atoms with Gasteiger partial charge in [-0.25, -0.2) is 18.1 Å². The molecule has 0 atom stereocenters. The summed E-state index contributed by atoms with van der Waals surface area (Å²) in [4.78, 5) is 3.75. The second kappa shape index (κ2) is 6.27. The lowest BCUT2D eigenvalue weighted by Crippen LogP contribution is -2.34. The monoisotopic (exact) mass is 280 g/mol. The average Bonchev–Trinajstić information content (AvgIpc) is 2.30. The van der Waals surface area contributed by atoms with Crippen molar-refractivity contribution in [3.63, 3.8) is 0 Å². The van der Waals surface area contributed by atoms with Crippen LogP contribution in [0.5, 0.6) is 0 Å². The molecule has 0 radical (unpaired) electrons. The third-order valence-electron chi connectivity index (χ3n) is 1.97. The van der Waals surface area contributed by atoms with Crippen LogP contribution in [0.2, 0.25) is 5.15 Å². The Hall–Kier alpha value is -0.730. The van der Waals surface area contributed by atoms with Crippen LogP contribution in [0.3, 0.4) is 0 Å². The highest BCUT2D eigenvalue weighted by atomic mass is 35.5. The molecule has 1 N–H and O–H groups in total. The van der Waals surface area contributed by atoms with E-state index in [9.17, 15) is 8.42 Å². The van der Waals surface area contributed by atoms with E-state index in [-0.39, 0.29) is 16.6 Å². The summed E-state index contributed by atoms with van der Waals surface area (Å²) in [5, 5.41) is 0.114. The number of methoxy groups -OCH3 is 2. The van der Waals surface area contributed by atoms with Crippen LogP contribution in [-0.4, -0.2) is 40.5 Å². The average molecular weight is 281 g/mol. The molecule has 0 saturated heterocycles. The second-order valence-corrected chi connectivity index (χ2v) is 5.22. The van der Waals surface area contributed by atoms with E-state index in [4.69, 9.17) is 21.1 Å². The van der Waals surface area contributed by atoms with E-state index < -0.39 is 16.3 Å². The Kier molecular flexibility index (Phi) is 5.29. The molecule has 0 fully saturated rings. The molecule has 0 bridgehead atoms. The maximum absolute atomic E-state index is 11.8.